The Hall–Kier alpha value is -5.23. The van der Waals surface area contributed by atoms with Crippen molar-refractivity contribution in [1.82, 2.24) is 0 Å². The lowest BCUT2D eigenvalue weighted by molar-refractivity contribution is -0.167. The summed E-state index contributed by atoms with van der Waals surface area (Å²) in [6, 6.07) is 0. The highest BCUT2D eigenvalue weighted by Crippen LogP contribution is 2.09. The molecule has 0 amide bonds. The predicted octanol–water partition coefficient (Wildman–Crippen LogP) is 15.6. The Morgan fingerprint density at radius 3 is 1.14 bits per heavy atom. The molecule has 6 heteroatoms. The molecule has 0 heterocycles. The normalized spacial score (nSPS) is 13.6. The van der Waals surface area contributed by atoms with Crippen LogP contribution in [0.1, 0.15) is 149 Å². The topological polar surface area (TPSA) is 78.9 Å². The quantitative estimate of drug-likeness (QED) is 0.0201. The summed E-state index contributed by atoms with van der Waals surface area (Å²) in [4.78, 5) is 37.8. The van der Waals surface area contributed by atoms with Crippen LogP contribution in [-0.2, 0) is 28.6 Å². The van der Waals surface area contributed by atoms with E-state index in [1.165, 1.54) is 25.7 Å². The average Bonchev–Trinajstić information content (AvgIpc) is 3.28. The summed E-state index contributed by atoms with van der Waals surface area (Å²) >= 11 is 0. The van der Waals surface area contributed by atoms with Gasteiger partial charge in [0, 0.05) is 19.3 Å². The van der Waals surface area contributed by atoms with Crippen molar-refractivity contribution in [1.29, 1.82) is 0 Å². The number of hydrogen-bond acceptors (Lipinski definition) is 6. The van der Waals surface area contributed by atoms with Crippen LogP contribution in [-0.4, -0.2) is 37.2 Å². The van der Waals surface area contributed by atoms with Gasteiger partial charge in [0.1, 0.15) is 13.2 Å². The van der Waals surface area contributed by atoms with Crippen molar-refractivity contribution in [3.8, 4) is 0 Å². The summed E-state index contributed by atoms with van der Waals surface area (Å²) in [5, 5.41) is 0. The second-order valence-corrected chi connectivity index (χ2v) is 14.8. The molecule has 0 saturated carbocycles. The molecular weight excluding hydrogens is 781 g/mol. The van der Waals surface area contributed by atoms with Gasteiger partial charge in [-0.05, 0) is 89.9 Å². The van der Waals surface area contributed by atoms with E-state index < -0.39 is 12.1 Å². The zero-order valence-corrected chi connectivity index (χ0v) is 39.2. The van der Waals surface area contributed by atoms with Gasteiger partial charge in [0.05, 0.1) is 0 Å². The average molecular weight is 863 g/mol. The van der Waals surface area contributed by atoms with Gasteiger partial charge in [0.25, 0.3) is 0 Å². The first-order valence-corrected chi connectivity index (χ1v) is 23.8. The fourth-order valence-corrected chi connectivity index (χ4v) is 5.42. The van der Waals surface area contributed by atoms with E-state index in [4.69, 9.17) is 14.2 Å². The monoisotopic (exact) mass is 863 g/mol. The number of rotatable bonds is 39. The van der Waals surface area contributed by atoms with Gasteiger partial charge in [-0.1, -0.05) is 210 Å². The van der Waals surface area contributed by atoms with Crippen LogP contribution in [0.15, 0.2) is 170 Å². The smallest absolute Gasteiger partial charge is 0.306 e. The van der Waals surface area contributed by atoms with Crippen LogP contribution in [0, 0.1) is 0 Å². The van der Waals surface area contributed by atoms with Gasteiger partial charge in [0.2, 0.25) is 0 Å². The molecule has 6 nitrogen and oxygen atoms in total. The van der Waals surface area contributed by atoms with E-state index in [-0.39, 0.29) is 44.4 Å². The zero-order chi connectivity index (χ0) is 45.8. The SMILES string of the molecule is CC/C=C/C=C/C=C/C=C/C=C/CCCCCC(=O)OC(COC(=O)CCC/C=C/C=C/C=C/C=C/C=C/CC)COC(=O)CCC/C=C/C/C=C/C/C=C/C/C=C/CCCCC. The highest BCUT2D eigenvalue weighted by atomic mass is 16.6. The maximum absolute atomic E-state index is 12.7. The first kappa shape index (κ1) is 57.8. The molecule has 1 atom stereocenters. The standard InChI is InChI=1S/C57H82O6/c1-4-7-10-13-16-19-22-25-27-28-30-32-35-38-41-44-47-50-56(59)62-53-54(52-61-55(58)49-46-43-40-37-34-31-24-21-18-15-12-9-6-3)63-57(60)51-48-45-42-39-36-33-29-26-23-20-17-14-11-8-5-2/h8-9,11-12,14-21,23-27,29-34,36-38,40-41,54H,4-7,10,13,22,28,35,39,42-53H2,1-3H3/b11-8+,12-9+,17-14+,18-15+,19-16+,23-20+,24-21+,27-25+,29-26+,32-30+,34-31+,36-33+,40-37+,41-38+. The maximum Gasteiger partial charge on any atom is 0.306 e. The molecule has 0 rings (SSSR count). The number of hydrogen-bond donors (Lipinski definition) is 0. The van der Waals surface area contributed by atoms with Crippen molar-refractivity contribution in [2.24, 2.45) is 0 Å². The van der Waals surface area contributed by atoms with Gasteiger partial charge in [-0.25, -0.2) is 0 Å². The molecule has 0 radical (unpaired) electrons. The number of ether oxygens (including phenoxy) is 3. The van der Waals surface area contributed by atoms with Gasteiger partial charge in [0.15, 0.2) is 6.10 Å². The molecule has 0 aliphatic carbocycles. The Kier molecular flexibility index (Phi) is 45.3. The molecule has 1 unspecified atom stereocenters. The number of esters is 3. The minimum atomic E-state index is -0.860. The van der Waals surface area contributed by atoms with Crippen LogP contribution in [0.3, 0.4) is 0 Å². The van der Waals surface area contributed by atoms with E-state index in [1.54, 1.807) is 0 Å². The first-order chi connectivity index (χ1) is 31.0. The molecule has 0 spiro atoms. The summed E-state index contributed by atoms with van der Waals surface area (Å²) in [7, 11) is 0. The van der Waals surface area contributed by atoms with Crippen LogP contribution in [0.25, 0.3) is 0 Å². The van der Waals surface area contributed by atoms with E-state index in [9.17, 15) is 14.4 Å². The van der Waals surface area contributed by atoms with Crippen LogP contribution in [0.4, 0.5) is 0 Å². The van der Waals surface area contributed by atoms with Crippen molar-refractivity contribution in [2.45, 2.75) is 155 Å². The summed E-state index contributed by atoms with van der Waals surface area (Å²) in [6.07, 6.45) is 73.4. The highest BCUT2D eigenvalue weighted by Gasteiger charge is 2.19. The fraction of sp³-hybridized carbons (Fsp3) is 0.456. The van der Waals surface area contributed by atoms with Crippen LogP contribution >= 0.6 is 0 Å². The van der Waals surface area contributed by atoms with Gasteiger partial charge in [-0.15, -0.1) is 0 Å². The second kappa shape index (κ2) is 49.4. The van der Waals surface area contributed by atoms with E-state index in [0.717, 1.165) is 64.2 Å². The molecule has 0 fully saturated rings. The molecule has 0 bridgehead atoms. The Morgan fingerprint density at radius 2 is 0.698 bits per heavy atom. The van der Waals surface area contributed by atoms with E-state index in [1.807, 2.05) is 103 Å². The van der Waals surface area contributed by atoms with Gasteiger partial charge in [-0.2, -0.15) is 0 Å². The third-order valence-corrected chi connectivity index (χ3v) is 8.94. The zero-order valence-electron chi connectivity index (χ0n) is 39.2. The van der Waals surface area contributed by atoms with Crippen molar-refractivity contribution in [2.75, 3.05) is 13.2 Å². The Morgan fingerprint density at radius 1 is 0.349 bits per heavy atom. The van der Waals surface area contributed by atoms with Crippen LogP contribution in [0.2, 0.25) is 0 Å². The van der Waals surface area contributed by atoms with E-state index in [2.05, 4.69) is 87.6 Å². The first-order valence-electron chi connectivity index (χ1n) is 23.8. The third kappa shape index (κ3) is 47.7. The summed E-state index contributed by atoms with van der Waals surface area (Å²) < 4.78 is 16.6. The van der Waals surface area contributed by atoms with Crippen molar-refractivity contribution in [3.05, 3.63) is 170 Å². The Balaban J connectivity index is 4.71. The van der Waals surface area contributed by atoms with E-state index in [0.29, 0.717) is 19.3 Å². The number of carbonyl (C=O) groups excluding carboxylic acids is 3. The predicted molar refractivity (Wildman–Crippen MR) is 269 cm³/mol. The van der Waals surface area contributed by atoms with Crippen molar-refractivity contribution in [3.63, 3.8) is 0 Å². The number of allylic oxidation sites excluding steroid dienone is 28. The van der Waals surface area contributed by atoms with E-state index >= 15 is 0 Å². The van der Waals surface area contributed by atoms with Gasteiger partial charge >= 0.3 is 17.9 Å². The van der Waals surface area contributed by atoms with Crippen molar-refractivity contribution >= 4 is 17.9 Å². The Labute approximate surface area is 383 Å². The highest BCUT2D eigenvalue weighted by molar-refractivity contribution is 5.71. The molecule has 346 valence electrons. The van der Waals surface area contributed by atoms with Crippen LogP contribution in [0.5, 0.6) is 0 Å². The van der Waals surface area contributed by atoms with Gasteiger partial charge in [-0.3, -0.25) is 14.4 Å². The lowest BCUT2D eigenvalue weighted by Crippen LogP contribution is -2.30. The minimum Gasteiger partial charge on any atom is -0.462 e. The maximum atomic E-state index is 12.7. The molecule has 0 N–H and O–H groups in total. The molecule has 0 aliphatic rings. The molecular formula is C57H82O6. The summed E-state index contributed by atoms with van der Waals surface area (Å²) in [5.74, 6) is -1.15. The number of carbonyl (C=O) groups is 3. The number of unbranched alkanes of at least 4 members (excludes halogenated alkanes) is 8. The molecule has 0 aromatic carbocycles. The lowest BCUT2D eigenvalue weighted by Gasteiger charge is -2.18. The molecule has 0 aromatic rings. The lowest BCUT2D eigenvalue weighted by atomic mass is 10.1. The van der Waals surface area contributed by atoms with Gasteiger partial charge < -0.3 is 14.2 Å². The van der Waals surface area contributed by atoms with Crippen molar-refractivity contribution < 1.29 is 28.6 Å². The molecule has 0 aromatic heterocycles. The second-order valence-electron chi connectivity index (χ2n) is 14.8. The minimum absolute atomic E-state index is 0.156. The molecule has 0 aliphatic heterocycles. The largest absolute Gasteiger partial charge is 0.462 e. The molecule has 0 saturated heterocycles. The Bertz CT molecular complexity index is 1550. The summed E-state index contributed by atoms with van der Waals surface area (Å²) in [5.41, 5.74) is 0. The molecule has 63 heavy (non-hydrogen) atoms. The third-order valence-electron chi connectivity index (χ3n) is 8.94. The van der Waals surface area contributed by atoms with Crippen LogP contribution < -0.4 is 0 Å². The summed E-state index contributed by atoms with van der Waals surface area (Å²) in [6.45, 7) is 6.12. The fourth-order valence-electron chi connectivity index (χ4n) is 5.42.